The van der Waals surface area contributed by atoms with Gasteiger partial charge in [-0.15, -0.1) is 0 Å². The second-order valence-electron chi connectivity index (χ2n) is 5.43. The molecule has 0 spiro atoms. The number of phenolic OH excluding ortho intramolecular Hbond substituents is 1. The average Bonchev–Trinajstić information content (AvgIpc) is 2.46. The normalized spacial score (nSPS) is 20.6. The Morgan fingerprint density at radius 2 is 2.30 bits per heavy atom. The van der Waals surface area contributed by atoms with Crippen molar-refractivity contribution in [3.63, 3.8) is 0 Å². The minimum absolute atomic E-state index is 0.0176. The highest BCUT2D eigenvalue weighted by Crippen LogP contribution is 2.30. The maximum Gasteiger partial charge on any atom is 0.224 e. The number of nitrogens with one attached hydrogen (secondary N) is 1. The number of hydrogen-bond donors (Lipinski definition) is 3. The maximum atomic E-state index is 11.8. The Labute approximate surface area is 119 Å². The first kappa shape index (κ1) is 14.7. The first-order chi connectivity index (χ1) is 9.52. The van der Waals surface area contributed by atoms with Crippen LogP contribution in [0.4, 0.5) is 5.69 Å². The van der Waals surface area contributed by atoms with Gasteiger partial charge in [0.05, 0.1) is 5.92 Å². The van der Waals surface area contributed by atoms with Crippen LogP contribution >= 0.6 is 0 Å². The molecule has 0 radical (unpaired) electrons. The minimum atomic E-state index is -0.191. The van der Waals surface area contributed by atoms with Gasteiger partial charge in [0.15, 0.2) is 0 Å². The molecule has 2 atom stereocenters. The van der Waals surface area contributed by atoms with Crippen LogP contribution in [0.15, 0.2) is 18.2 Å². The van der Waals surface area contributed by atoms with Crippen LogP contribution in [0.5, 0.6) is 5.75 Å². The lowest BCUT2D eigenvalue weighted by Crippen LogP contribution is -2.42. The first-order valence-corrected chi connectivity index (χ1v) is 7.08. The van der Waals surface area contributed by atoms with Gasteiger partial charge in [0, 0.05) is 43.5 Å². The zero-order chi connectivity index (χ0) is 14.7. The molecular weight excluding hydrogens is 254 g/mol. The Hall–Kier alpha value is -1.75. The molecule has 2 rings (SSSR count). The fraction of sp³-hybridized carbons (Fsp3) is 0.533. The van der Waals surface area contributed by atoms with Gasteiger partial charge in [-0.3, -0.25) is 4.79 Å². The predicted molar refractivity (Wildman–Crippen MR) is 79.7 cm³/mol. The molecule has 0 aromatic heterocycles. The fourth-order valence-electron chi connectivity index (χ4n) is 2.74. The number of benzene rings is 1. The highest BCUT2D eigenvalue weighted by atomic mass is 16.3. The maximum absolute atomic E-state index is 11.8. The summed E-state index contributed by atoms with van der Waals surface area (Å²) in [5.41, 5.74) is 7.49. The van der Waals surface area contributed by atoms with E-state index in [9.17, 15) is 9.90 Å². The number of phenols is 1. The van der Waals surface area contributed by atoms with Gasteiger partial charge in [-0.05, 0) is 25.8 Å². The number of carbonyl (C=O) groups excluding carboxylic acids is 1. The molecule has 0 aliphatic carbocycles. The van der Waals surface area contributed by atoms with Crippen LogP contribution in [0, 0.1) is 5.92 Å². The van der Waals surface area contributed by atoms with E-state index in [-0.39, 0.29) is 23.6 Å². The Morgan fingerprint density at radius 1 is 1.55 bits per heavy atom. The van der Waals surface area contributed by atoms with Gasteiger partial charge in [-0.2, -0.15) is 0 Å². The van der Waals surface area contributed by atoms with Crippen LogP contribution in [0.3, 0.4) is 0 Å². The molecule has 1 fully saturated rings. The molecule has 1 aromatic carbocycles. The largest absolute Gasteiger partial charge is 0.508 e. The Bertz CT molecular complexity index is 488. The summed E-state index contributed by atoms with van der Waals surface area (Å²) in [6, 6.07) is 5.37. The molecule has 1 aliphatic heterocycles. The van der Waals surface area contributed by atoms with Crippen molar-refractivity contribution in [2.75, 3.05) is 25.0 Å². The molecule has 1 aliphatic rings. The molecule has 5 heteroatoms. The zero-order valence-corrected chi connectivity index (χ0v) is 12.1. The van der Waals surface area contributed by atoms with E-state index in [1.165, 1.54) is 0 Å². The van der Waals surface area contributed by atoms with Gasteiger partial charge >= 0.3 is 0 Å². The van der Waals surface area contributed by atoms with Crippen molar-refractivity contribution in [1.29, 1.82) is 0 Å². The van der Waals surface area contributed by atoms with Crippen molar-refractivity contribution in [3.05, 3.63) is 23.8 Å². The second kappa shape index (κ2) is 6.13. The lowest BCUT2D eigenvalue weighted by atomic mass is 9.96. The lowest BCUT2D eigenvalue weighted by Gasteiger charge is -2.33. The minimum Gasteiger partial charge on any atom is -0.508 e. The molecule has 2 unspecified atom stereocenters. The van der Waals surface area contributed by atoms with E-state index in [0.29, 0.717) is 6.54 Å². The smallest absolute Gasteiger partial charge is 0.224 e. The molecule has 0 saturated carbocycles. The molecule has 0 bridgehead atoms. The van der Waals surface area contributed by atoms with Crippen LogP contribution in [0.25, 0.3) is 0 Å². The van der Waals surface area contributed by atoms with Crippen LogP contribution in [0.2, 0.25) is 0 Å². The van der Waals surface area contributed by atoms with Gasteiger partial charge in [-0.1, -0.05) is 6.07 Å². The third-order valence-corrected chi connectivity index (χ3v) is 3.91. The molecule has 1 amide bonds. The number of rotatable bonds is 3. The highest BCUT2D eigenvalue weighted by molar-refractivity contribution is 5.79. The van der Waals surface area contributed by atoms with Crippen LogP contribution < -0.4 is 16.0 Å². The average molecular weight is 277 g/mol. The summed E-state index contributed by atoms with van der Waals surface area (Å²) in [6.07, 6.45) is 1.90. The second-order valence-corrected chi connectivity index (χ2v) is 5.43. The number of carbonyl (C=O) groups is 1. The number of anilines is 1. The van der Waals surface area contributed by atoms with Crippen molar-refractivity contribution in [3.8, 4) is 5.75 Å². The summed E-state index contributed by atoms with van der Waals surface area (Å²) in [5.74, 6) is 0.328. The van der Waals surface area contributed by atoms with E-state index in [1.807, 2.05) is 19.1 Å². The van der Waals surface area contributed by atoms with Crippen molar-refractivity contribution in [2.45, 2.75) is 25.8 Å². The van der Waals surface area contributed by atoms with Crippen LogP contribution in [-0.4, -0.2) is 31.2 Å². The molecule has 1 aromatic rings. The van der Waals surface area contributed by atoms with E-state index < -0.39 is 0 Å². The zero-order valence-electron chi connectivity index (χ0n) is 12.1. The van der Waals surface area contributed by atoms with E-state index in [0.717, 1.165) is 30.6 Å². The molecule has 5 nitrogen and oxygen atoms in total. The number of hydrogen-bond acceptors (Lipinski definition) is 4. The lowest BCUT2D eigenvalue weighted by molar-refractivity contribution is -0.124. The van der Waals surface area contributed by atoms with E-state index in [4.69, 9.17) is 5.73 Å². The Balaban J connectivity index is 2.15. The van der Waals surface area contributed by atoms with Crippen molar-refractivity contribution >= 4 is 11.6 Å². The highest BCUT2D eigenvalue weighted by Gasteiger charge is 2.25. The number of nitrogens with two attached hydrogens (primary N) is 1. The van der Waals surface area contributed by atoms with E-state index in [1.54, 1.807) is 13.1 Å². The molecular formula is C15H23N3O2. The Kier molecular flexibility index (Phi) is 4.49. The third kappa shape index (κ3) is 3.04. The van der Waals surface area contributed by atoms with Crippen molar-refractivity contribution < 1.29 is 9.90 Å². The van der Waals surface area contributed by atoms with Crippen molar-refractivity contribution in [1.82, 2.24) is 5.32 Å². The number of amides is 1. The van der Waals surface area contributed by atoms with Gasteiger partial charge in [-0.25, -0.2) is 0 Å². The number of piperidine rings is 1. The quantitative estimate of drug-likeness (QED) is 0.780. The summed E-state index contributed by atoms with van der Waals surface area (Å²) >= 11 is 0. The summed E-state index contributed by atoms with van der Waals surface area (Å²) in [7, 11) is 1.67. The molecule has 4 N–H and O–H groups in total. The third-order valence-electron chi connectivity index (χ3n) is 3.91. The van der Waals surface area contributed by atoms with Crippen LogP contribution in [-0.2, 0) is 4.79 Å². The summed E-state index contributed by atoms with van der Waals surface area (Å²) < 4.78 is 0. The van der Waals surface area contributed by atoms with E-state index >= 15 is 0 Å². The monoisotopic (exact) mass is 277 g/mol. The van der Waals surface area contributed by atoms with Gasteiger partial charge in [0.2, 0.25) is 5.91 Å². The van der Waals surface area contributed by atoms with Crippen molar-refractivity contribution in [2.24, 2.45) is 11.7 Å². The summed E-state index contributed by atoms with van der Waals surface area (Å²) in [4.78, 5) is 13.9. The molecule has 20 heavy (non-hydrogen) atoms. The van der Waals surface area contributed by atoms with Gasteiger partial charge in [0.25, 0.3) is 0 Å². The predicted octanol–water partition coefficient (Wildman–Crippen LogP) is 1.37. The molecule has 110 valence electrons. The molecule has 1 saturated heterocycles. The van der Waals surface area contributed by atoms with E-state index in [2.05, 4.69) is 10.2 Å². The van der Waals surface area contributed by atoms with Gasteiger partial charge in [0.1, 0.15) is 5.75 Å². The number of aromatic hydroxyl groups is 1. The van der Waals surface area contributed by atoms with Gasteiger partial charge < -0.3 is 21.1 Å². The SMILES string of the molecule is CNC(=O)C1CCCN(c2ccc(C(C)N)c(O)c2)C1. The summed E-state index contributed by atoms with van der Waals surface area (Å²) in [5, 5.41) is 12.7. The number of nitrogens with zero attached hydrogens (tertiary/aromatic N) is 1. The van der Waals surface area contributed by atoms with Crippen LogP contribution in [0.1, 0.15) is 31.4 Å². The molecule has 1 heterocycles. The standard InChI is InChI=1S/C15H23N3O2/c1-10(16)13-6-5-12(8-14(13)19)18-7-3-4-11(9-18)15(20)17-2/h5-6,8,10-11,19H,3-4,7,9,16H2,1-2H3,(H,17,20). The fourth-order valence-corrected chi connectivity index (χ4v) is 2.74. The Morgan fingerprint density at radius 3 is 2.90 bits per heavy atom. The summed E-state index contributed by atoms with van der Waals surface area (Å²) in [6.45, 7) is 3.44. The topological polar surface area (TPSA) is 78.6 Å². The first-order valence-electron chi connectivity index (χ1n) is 7.08.